The molecule has 2 rings (SSSR count). The SMILES string of the molecule is CC1(CO)CCC2CCC(C)(CO)CCC2CC1. The molecule has 0 bridgehead atoms. The molecular weight excluding hydrogens is 224 g/mol. The van der Waals surface area contributed by atoms with Gasteiger partial charge in [-0.15, -0.1) is 0 Å². The van der Waals surface area contributed by atoms with E-state index in [2.05, 4.69) is 13.8 Å². The number of fused-ring (bicyclic) bond motifs is 1. The summed E-state index contributed by atoms with van der Waals surface area (Å²) in [6, 6.07) is 0. The van der Waals surface area contributed by atoms with Crippen LogP contribution in [0.3, 0.4) is 0 Å². The molecule has 2 saturated carbocycles. The van der Waals surface area contributed by atoms with Crippen LogP contribution in [0.2, 0.25) is 0 Å². The van der Waals surface area contributed by atoms with E-state index < -0.39 is 0 Å². The quantitative estimate of drug-likeness (QED) is 0.793. The zero-order valence-corrected chi connectivity index (χ0v) is 12.1. The Bertz CT molecular complexity index is 230. The summed E-state index contributed by atoms with van der Waals surface area (Å²) in [6.07, 6.45) is 9.85. The summed E-state index contributed by atoms with van der Waals surface area (Å²) >= 11 is 0. The van der Waals surface area contributed by atoms with Crippen molar-refractivity contribution in [3.8, 4) is 0 Å². The number of hydrogen-bond acceptors (Lipinski definition) is 2. The van der Waals surface area contributed by atoms with Crippen LogP contribution in [0.1, 0.15) is 65.2 Å². The minimum atomic E-state index is 0.173. The van der Waals surface area contributed by atoms with Gasteiger partial charge in [-0.3, -0.25) is 0 Å². The Kier molecular flexibility index (Phi) is 4.38. The Hall–Kier alpha value is -0.0800. The smallest absolute Gasteiger partial charge is 0.0484 e. The molecule has 0 aromatic heterocycles. The number of hydrogen-bond donors (Lipinski definition) is 2. The van der Waals surface area contributed by atoms with Gasteiger partial charge in [0, 0.05) is 13.2 Å². The molecule has 2 heteroatoms. The number of rotatable bonds is 2. The highest BCUT2D eigenvalue weighted by Gasteiger charge is 2.37. The van der Waals surface area contributed by atoms with Crippen LogP contribution >= 0.6 is 0 Å². The molecule has 106 valence electrons. The van der Waals surface area contributed by atoms with E-state index in [0.29, 0.717) is 13.2 Å². The maximum Gasteiger partial charge on any atom is 0.0484 e. The van der Waals surface area contributed by atoms with Crippen LogP contribution in [0, 0.1) is 22.7 Å². The van der Waals surface area contributed by atoms with Crippen molar-refractivity contribution in [3.05, 3.63) is 0 Å². The van der Waals surface area contributed by atoms with E-state index in [4.69, 9.17) is 0 Å². The third-order valence-corrected chi connectivity index (χ3v) is 5.90. The first-order valence-electron chi connectivity index (χ1n) is 7.72. The standard InChI is InChI=1S/C16H30O2/c1-15(11-17)7-3-13-5-9-16(2,12-18)10-6-14(13)4-8-15/h13-14,17-18H,3-12H2,1-2H3. The average molecular weight is 254 g/mol. The van der Waals surface area contributed by atoms with Crippen molar-refractivity contribution in [2.24, 2.45) is 22.7 Å². The van der Waals surface area contributed by atoms with Gasteiger partial charge in [-0.05, 0) is 74.0 Å². The molecule has 0 unspecified atom stereocenters. The normalized spacial score (nSPS) is 46.0. The van der Waals surface area contributed by atoms with E-state index in [1.165, 1.54) is 51.4 Å². The maximum absolute atomic E-state index is 9.55. The summed E-state index contributed by atoms with van der Waals surface area (Å²) in [5.74, 6) is 1.68. The van der Waals surface area contributed by atoms with Gasteiger partial charge in [0.05, 0.1) is 0 Å². The van der Waals surface area contributed by atoms with Crippen LogP contribution in [0.15, 0.2) is 0 Å². The third kappa shape index (κ3) is 3.08. The zero-order valence-electron chi connectivity index (χ0n) is 12.1. The van der Waals surface area contributed by atoms with Gasteiger partial charge < -0.3 is 10.2 Å². The van der Waals surface area contributed by atoms with Crippen molar-refractivity contribution < 1.29 is 10.2 Å². The molecule has 0 aromatic rings. The summed E-state index contributed by atoms with van der Waals surface area (Å²) in [5, 5.41) is 19.1. The first-order chi connectivity index (χ1) is 8.50. The third-order valence-electron chi connectivity index (χ3n) is 5.90. The summed E-state index contributed by atoms with van der Waals surface area (Å²) in [5.41, 5.74) is 0.346. The Balaban J connectivity index is 2.01. The molecule has 2 N–H and O–H groups in total. The first-order valence-corrected chi connectivity index (χ1v) is 7.72. The highest BCUT2D eigenvalue weighted by Crippen LogP contribution is 2.47. The Morgan fingerprint density at radius 2 is 1.00 bits per heavy atom. The van der Waals surface area contributed by atoms with Gasteiger partial charge >= 0.3 is 0 Å². The summed E-state index contributed by atoms with van der Waals surface area (Å²) in [4.78, 5) is 0. The summed E-state index contributed by atoms with van der Waals surface area (Å²) in [7, 11) is 0. The number of aliphatic hydroxyl groups is 2. The van der Waals surface area contributed by atoms with Crippen molar-refractivity contribution in [3.63, 3.8) is 0 Å². The van der Waals surface area contributed by atoms with Crippen molar-refractivity contribution in [2.45, 2.75) is 65.2 Å². The molecular formula is C16H30O2. The van der Waals surface area contributed by atoms with E-state index in [1.807, 2.05) is 0 Å². The molecule has 2 aliphatic rings. The highest BCUT2D eigenvalue weighted by molar-refractivity contribution is 4.88. The molecule has 0 aliphatic heterocycles. The van der Waals surface area contributed by atoms with Gasteiger partial charge in [0.1, 0.15) is 0 Å². The lowest BCUT2D eigenvalue weighted by Gasteiger charge is -2.27. The summed E-state index contributed by atoms with van der Waals surface area (Å²) < 4.78 is 0. The Labute approximate surface area is 112 Å². The average Bonchev–Trinajstić information content (AvgIpc) is 2.64. The monoisotopic (exact) mass is 254 g/mol. The van der Waals surface area contributed by atoms with Crippen LogP contribution in [-0.2, 0) is 0 Å². The van der Waals surface area contributed by atoms with Crippen LogP contribution < -0.4 is 0 Å². The van der Waals surface area contributed by atoms with E-state index in [0.717, 1.165) is 11.8 Å². The van der Waals surface area contributed by atoms with Crippen LogP contribution in [-0.4, -0.2) is 23.4 Å². The van der Waals surface area contributed by atoms with Gasteiger partial charge in [-0.2, -0.15) is 0 Å². The van der Waals surface area contributed by atoms with Crippen molar-refractivity contribution in [2.75, 3.05) is 13.2 Å². The second-order valence-corrected chi connectivity index (χ2v) is 7.61. The predicted octanol–water partition coefficient (Wildman–Crippen LogP) is 3.36. The van der Waals surface area contributed by atoms with Gasteiger partial charge in [0.25, 0.3) is 0 Å². The minimum absolute atomic E-state index is 0.173. The van der Waals surface area contributed by atoms with Crippen molar-refractivity contribution in [1.29, 1.82) is 0 Å². The molecule has 2 nitrogen and oxygen atoms in total. The van der Waals surface area contributed by atoms with Gasteiger partial charge in [0.2, 0.25) is 0 Å². The van der Waals surface area contributed by atoms with Crippen LogP contribution in [0.25, 0.3) is 0 Å². The fourth-order valence-electron chi connectivity index (χ4n) is 3.93. The van der Waals surface area contributed by atoms with Crippen LogP contribution in [0.5, 0.6) is 0 Å². The predicted molar refractivity (Wildman–Crippen MR) is 74.3 cm³/mol. The lowest BCUT2D eigenvalue weighted by Crippen LogP contribution is -2.21. The van der Waals surface area contributed by atoms with E-state index in [-0.39, 0.29) is 10.8 Å². The summed E-state index contributed by atoms with van der Waals surface area (Å²) in [6.45, 7) is 5.19. The largest absolute Gasteiger partial charge is 0.396 e. The molecule has 0 aromatic carbocycles. The van der Waals surface area contributed by atoms with Gasteiger partial charge in [0.15, 0.2) is 0 Å². The van der Waals surface area contributed by atoms with E-state index in [1.54, 1.807) is 0 Å². The molecule has 0 spiro atoms. The number of aliphatic hydroxyl groups excluding tert-OH is 2. The molecule has 0 amide bonds. The fourth-order valence-corrected chi connectivity index (χ4v) is 3.93. The van der Waals surface area contributed by atoms with Crippen molar-refractivity contribution >= 4 is 0 Å². The molecule has 2 aliphatic carbocycles. The van der Waals surface area contributed by atoms with E-state index >= 15 is 0 Å². The lowest BCUT2D eigenvalue weighted by atomic mass is 9.80. The van der Waals surface area contributed by atoms with Gasteiger partial charge in [-0.1, -0.05) is 13.8 Å². The van der Waals surface area contributed by atoms with Crippen molar-refractivity contribution in [1.82, 2.24) is 0 Å². The lowest BCUT2D eigenvalue weighted by molar-refractivity contribution is 0.113. The minimum Gasteiger partial charge on any atom is -0.396 e. The second kappa shape index (κ2) is 5.50. The zero-order chi connectivity index (χ0) is 13.2. The van der Waals surface area contributed by atoms with Crippen LogP contribution in [0.4, 0.5) is 0 Å². The molecule has 0 radical (unpaired) electrons. The molecule has 18 heavy (non-hydrogen) atoms. The molecule has 0 saturated heterocycles. The first kappa shape index (κ1) is 14.3. The molecule has 2 fully saturated rings. The molecule has 0 atom stereocenters. The van der Waals surface area contributed by atoms with E-state index in [9.17, 15) is 10.2 Å². The Morgan fingerprint density at radius 1 is 0.722 bits per heavy atom. The van der Waals surface area contributed by atoms with Gasteiger partial charge in [-0.25, -0.2) is 0 Å². The fraction of sp³-hybridized carbons (Fsp3) is 1.00. The second-order valence-electron chi connectivity index (χ2n) is 7.61. The molecule has 0 heterocycles. The topological polar surface area (TPSA) is 40.5 Å². The maximum atomic E-state index is 9.55. The highest BCUT2D eigenvalue weighted by atomic mass is 16.3. The Morgan fingerprint density at radius 3 is 1.22 bits per heavy atom.